The number of nitro groups is 1. The molecule has 0 aliphatic heterocycles. The van der Waals surface area contributed by atoms with Crippen LogP contribution in [-0.2, 0) is 0 Å². The number of hydrogen-bond acceptors (Lipinski definition) is 4. The third kappa shape index (κ3) is 3.58. The highest BCUT2D eigenvalue weighted by Gasteiger charge is 2.31. The van der Waals surface area contributed by atoms with Crippen LogP contribution in [0.5, 0.6) is 0 Å². The van der Waals surface area contributed by atoms with Crippen molar-refractivity contribution >= 4 is 34.7 Å². The first-order valence-electron chi connectivity index (χ1n) is 6.79. The van der Waals surface area contributed by atoms with Gasteiger partial charge in [0, 0.05) is 23.4 Å². The van der Waals surface area contributed by atoms with Gasteiger partial charge in [-0.15, -0.1) is 0 Å². The van der Waals surface area contributed by atoms with Crippen LogP contribution in [0.1, 0.15) is 32.1 Å². The van der Waals surface area contributed by atoms with Gasteiger partial charge in [0.05, 0.1) is 15.6 Å². The van der Waals surface area contributed by atoms with Gasteiger partial charge in [-0.3, -0.25) is 10.1 Å². The summed E-state index contributed by atoms with van der Waals surface area (Å²) in [6, 6.07) is 4.58. The number of halogens is 1. The molecule has 1 aromatic carbocycles. The monoisotopic (exact) mass is 314 g/mol. The van der Waals surface area contributed by atoms with Crippen molar-refractivity contribution in [3.63, 3.8) is 0 Å². The van der Waals surface area contributed by atoms with Crippen LogP contribution in [0.25, 0.3) is 0 Å². The van der Waals surface area contributed by atoms with E-state index in [1.165, 1.54) is 44.2 Å². The molecule has 0 spiro atoms. The third-order valence-electron chi connectivity index (χ3n) is 3.96. The van der Waals surface area contributed by atoms with Gasteiger partial charge in [0.15, 0.2) is 0 Å². The van der Waals surface area contributed by atoms with Gasteiger partial charge in [0.1, 0.15) is 0 Å². The fourth-order valence-corrected chi connectivity index (χ4v) is 3.82. The maximum absolute atomic E-state index is 10.7. The number of thioether (sulfide) groups is 1. The van der Waals surface area contributed by atoms with Gasteiger partial charge < -0.3 is 5.32 Å². The molecular weight excluding hydrogens is 296 g/mol. The number of hydrogen-bond donors (Lipinski definition) is 1. The van der Waals surface area contributed by atoms with E-state index in [0.29, 0.717) is 5.02 Å². The highest BCUT2D eigenvalue weighted by Crippen LogP contribution is 2.39. The standard InChI is InChI=1S/C14H19ClN2O2S/c1-20-14(7-3-2-4-8-14)10-16-13-6-5-11(17(18)19)9-12(13)15/h5-6,9,16H,2-4,7-8,10H2,1H3. The number of non-ortho nitro benzene ring substituents is 1. The zero-order chi connectivity index (χ0) is 14.6. The van der Waals surface area contributed by atoms with Crippen molar-refractivity contribution in [3.8, 4) is 0 Å². The molecule has 0 bridgehead atoms. The molecule has 20 heavy (non-hydrogen) atoms. The molecule has 6 heteroatoms. The topological polar surface area (TPSA) is 55.2 Å². The first-order chi connectivity index (χ1) is 9.56. The Morgan fingerprint density at radius 1 is 1.40 bits per heavy atom. The van der Waals surface area contributed by atoms with E-state index in [1.807, 2.05) is 11.8 Å². The van der Waals surface area contributed by atoms with Crippen LogP contribution in [0.4, 0.5) is 11.4 Å². The van der Waals surface area contributed by atoms with Crippen molar-refractivity contribution in [2.45, 2.75) is 36.9 Å². The lowest BCUT2D eigenvalue weighted by molar-refractivity contribution is -0.384. The van der Waals surface area contributed by atoms with Crippen LogP contribution in [0, 0.1) is 10.1 Å². The van der Waals surface area contributed by atoms with Gasteiger partial charge in [-0.2, -0.15) is 11.8 Å². The summed E-state index contributed by atoms with van der Waals surface area (Å²) in [7, 11) is 0. The summed E-state index contributed by atoms with van der Waals surface area (Å²) in [5, 5.41) is 14.5. The smallest absolute Gasteiger partial charge is 0.271 e. The van der Waals surface area contributed by atoms with Crippen LogP contribution in [-0.4, -0.2) is 22.5 Å². The minimum atomic E-state index is -0.430. The molecule has 1 aliphatic rings. The minimum absolute atomic E-state index is 0.0257. The number of nitro benzene ring substituents is 1. The summed E-state index contributed by atoms with van der Waals surface area (Å²) in [6.45, 7) is 0.853. The molecule has 1 aromatic rings. The highest BCUT2D eigenvalue weighted by molar-refractivity contribution is 8.00. The molecule has 1 fully saturated rings. The number of rotatable bonds is 5. The summed E-state index contributed by atoms with van der Waals surface area (Å²) < 4.78 is 0.267. The zero-order valence-electron chi connectivity index (χ0n) is 11.5. The van der Waals surface area contributed by atoms with Crippen molar-refractivity contribution in [2.24, 2.45) is 0 Å². The van der Waals surface area contributed by atoms with E-state index in [4.69, 9.17) is 11.6 Å². The molecule has 0 aromatic heterocycles. The Morgan fingerprint density at radius 3 is 2.65 bits per heavy atom. The van der Waals surface area contributed by atoms with Gasteiger partial charge in [-0.25, -0.2) is 0 Å². The van der Waals surface area contributed by atoms with Crippen LogP contribution in [0.3, 0.4) is 0 Å². The average molecular weight is 315 g/mol. The summed E-state index contributed by atoms with van der Waals surface area (Å²) >= 11 is 8.02. The molecule has 0 radical (unpaired) electrons. The van der Waals surface area contributed by atoms with E-state index in [9.17, 15) is 10.1 Å². The van der Waals surface area contributed by atoms with E-state index in [2.05, 4.69) is 11.6 Å². The van der Waals surface area contributed by atoms with Gasteiger partial charge in [0.2, 0.25) is 0 Å². The molecule has 0 atom stereocenters. The Hall–Kier alpha value is -0.940. The quantitative estimate of drug-likeness (QED) is 0.630. The molecule has 1 aliphatic carbocycles. The molecule has 4 nitrogen and oxygen atoms in total. The summed E-state index contributed by atoms with van der Waals surface area (Å²) in [5.74, 6) is 0. The summed E-state index contributed by atoms with van der Waals surface area (Å²) in [5.41, 5.74) is 0.800. The maximum Gasteiger partial charge on any atom is 0.271 e. The summed E-state index contributed by atoms with van der Waals surface area (Å²) in [6.07, 6.45) is 8.45. The van der Waals surface area contributed by atoms with Gasteiger partial charge >= 0.3 is 0 Å². The van der Waals surface area contributed by atoms with Gasteiger partial charge in [-0.05, 0) is 25.2 Å². The predicted octanol–water partition coefficient (Wildman–Crippen LogP) is 4.73. The fourth-order valence-electron chi connectivity index (χ4n) is 2.67. The Kier molecular flexibility index (Phi) is 5.16. The number of nitrogens with one attached hydrogen (secondary N) is 1. The fraction of sp³-hybridized carbons (Fsp3) is 0.571. The number of benzene rings is 1. The molecule has 1 N–H and O–H groups in total. The molecule has 0 saturated heterocycles. The second kappa shape index (κ2) is 6.68. The minimum Gasteiger partial charge on any atom is -0.382 e. The van der Waals surface area contributed by atoms with E-state index in [1.54, 1.807) is 6.07 Å². The van der Waals surface area contributed by atoms with E-state index < -0.39 is 4.92 Å². The van der Waals surface area contributed by atoms with Crippen LogP contribution in [0.2, 0.25) is 5.02 Å². The SMILES string of the molecule is CSC1(CNc2ccc([N+](=O)[O-])cc2Cl)CCCCC1. The average Bonchev–Trinajstić information content (AvgIpc) is 2.47. The molecule has 110 valence electrons. The zero-order valence-corrected chi connectivity index (χ0v) is 13.1. The lowest BCUT2D eigenvalue weighted by Crippen LogP contribution is -2.35. The molecule has 0 unspecified atom stereocenters. The van der Waals surface area contributed by atoms with Crippen molar-refractivity contribution < 1.29 is 4.92 Å². The number of anilines is 1. The van der Waals surface area contributed by atoms with E-state index >= 15 is 0 Å². The van der Waals surface area contributed by atoms with Crippen molar-refractivity contribution in [2.75, 3.05) is 18.1 Å². The second-order valence-electron chi connectivity index (χ2n) is 5.22. The third-order valence-corrected chi connectivity index (χ3v) is 5.69. The molecule has 2 rings (SSSR count). The Labute approximate surface area is 128 Å². The predicted molar refractivity (Wildman–Crippen MR) is 85.9 cm³/mol. The van der Waals surface area contributed by atoms with E-state index in [-0.39, 0.29) is 10.4 Å². The lowest BCUT2D eigenvalue weighted by atomic mass is 9.88. The van der Waals surface area contributed by atoms with Gasteiger partial charge in [-0.1, -0.05) is 30.9 Å². The van der Waals surface area contributed by atoms with Crippen molar-refractivity contribution in [1.29, 1.82) is 0 Å². The Balaban J connectivity index is 2.04. The molecule has 0 amide bonds. The Morgan fingerprint density at radius 2 is 2.10 bits per heavy atom. The van der Waals surface area contributed by atoms with Crippen molar-refractivity contribution in [3.05, 3.63) is 33.3 Å². The summed E-state index contributed by atoms with van der Waals surface area (Å²) in [4.78, 5) is 10.3. The first kappa shape index (κ1) is 15.4. The maximum atomic E-state index is 10.7. The van der Waals surface area contributed by atoms with E-state index in [0.717, 1.165) is 12.2 Å². The lowest BCUT2D eigenvalue weighted by Gasteiger charge is -2.36. The second-order valence-corrected chi connectivity index (χ2v) is 6.90. The molecule has 0 heterocycles. The number of nitrogens with zero attached hydrogens (tertiary/aromatic N) is 1. The van der Waals surface area contributed by atoms with Gasteiger partial charge in [0.25, 0.3) is 5.69 Å². The highest BCUT2D eigenvalue weighted by atomic mass is 35.5. The van der Waals surface area contributed by atoms with Crippen LogP contribution in [0.15, 0.2) is 18.2 Å². The Bertz CT molecular complexity index is 490. The largest absolute Gasteiger partial charge is 0.382 e. The van der Waals surface area contributed by atoms with Crippen LogP contribution < -0.4 is 5.32 Å². The molecule has 1 saturated carbocycles. The van der Waals surface area contributed by atoms with Crippen molar-refractivity contribution in [1.82, 2.24) is 0 Å². The normalized spacial score (nSPS) is 17.7. The molecular formula is C14H19ClN2O2S. The first-order valence-corrected chi connectivity index (χ1v) is 8.40. The van der Waals surface area contributed by atoms with Crippen LogP contribution >= 0.6 is 23.4 Å².